The van der Waals surface area contributed by atoms with Gasteiger partial charge >= 0.3 is 0 Å². The van der Waals surface area contributed by atoms with Crippen molar-refractivity contribution in [2.45, 2.75) is 58.8 Å². The van der Waals surface area contributed by atoms with Crippen molar-refractivity contribution in [2.75, 3.05) is 6.54 Å². The molecule has 0 aliphatic heterocycles. The summed E-state index contributed by atoms with van der Waals surface area (Å²) in [5.74, 6) is 1.87. The van der Waals surface area contributed by atoms with Crippen LogP contribution in [0.15, 0.2) is 6.07 Å². The first kappa shape index (κ1) is 15.9. The molecule has 6 heteroatoms. The molecule has 1 fully saturated rings. The molecule has 6 nitrogen and oxygen atoms in total. The molecule has 1 N–H and O–H groups in total. The molecule has 0 bridgehead atoms. The maximum Gasteiger partial charge on any atom is 0.252 e. The number of rotatable bonds is 5. The number of carbonyl (C=O) groups excluding carboxylic acids is 1. The Morgan fingerprint density at radius 2 is 2.04 bits per heavy atom. The van der Waals surface area contributed by atoms with Crippen molar-refractivity contribution in [3.63, 3.8) is 0 Å². The van der Waals surface area contributed by atoms with Gasteiger partial charge in [0.05, 0.1) is 6.42 Å². The van der Waals surface area contributed by atoms with Gasteiger partial charge in [0, 0.05) is 17.9 Å². The fourth-order valence-corrected chi connectivity index (χ4v) is 3.38. The van der Waals surface area contributed by atoms with E-state index in [1.807, 2.05) is 19.9 Å². The van der Waals surface area contributed by atoms with Crippen molar-refractivity contribution in [3.05, 3.63) is 23.3 Å². The number of carbonyl (C=O) groups is 1. The zero-order valence-corrected chi connectivity index (χ0v) is 14.0. The molecule has 0 unspecified atom stereocenters. The van der Waals surface area contributed by atoms with Crippen LogP contribution < -0.4 is 5.32 Å². The Morgan fingerprint density at radius 1 is 1.26 bits per heavy atom. The summed E-state index contributed by atoms with van der Waals surface area (Å²) in [5.41, 5.74) is 1.88. The van der Waals surface area contributed by atoms with Crippen molar-refractivity contribution in [3.8, 4) is 0 Å². The van der Waals surface area contributed by atoms with Crippen LogP contribution >= 0.6 is 0 Å². The lowest BCUT2D eigenvalue weighted by Crippen LogP contribution is -2.28. The van der Waals surface area contributed by atoms with E-state index < -0.39 is 0 Å². The van der Waals surface area contributed by atoms with Gasteiger partial charge in [0.25, 0.3) is 5.78 Å². The Morgan fingerprint density at radius 3 is 2.83 bits per heavy atom. The van der Waals surface area contributed by atoms with Crippen LogP contribution in [-0.2, 0) is 11.2 Å². The highest BCUT2D eigenvalue weighted by molar-refractivity contribution is 5.77. The minimum absolute atomic E-state index is 0.00825. The molecular weight excluding hydrogens is 290 g/mol. The second-order valence-electron chi connectivity index (χ2n) is 6.60. The molecule has 3 rings (SSSR count). The SMILES string of the molecule is Cc1cc(C)n2nc(CC(=O)NCCC3CCCCC3)nc2n1. The Balaban J connectivity index is 1.52. The van der Waals surface area contributed by atoms with Crippen molar-refractivity contribution in [1.29, 1.82) is 0 Å². The van der Waals surface area contributed by atoms with E-state index in [-0.39, 0.29) is 12.3 Å². The first-order chi connectivity index (χ1) is 11.1. The summed E-state index contributed by atoms with van der Waals surface area (Å²) in [6, 6.07) is 1.95. The van der Waals surface area contributed by atoms with Crippen LogP contribution in [0.25, 0.3) is 5.78 Å². The molecule has 0 atom stereocenters. The predicted octanol–water partition coefficient (Wildman–Crippen LogP) is 2.37. The molecule has 1 aliphatic rings. The minimum Gasteiger partial charge on any atom is -0.356 e. The smallest absolute Gasteiger partial charge is 0.252 e. The molecule has 2 heterocycles. The van der Waals surface area contributed by atoms with Crippen molar-refractivity contribution in [2.24, 2.45) is 5.92 Å². The molecule has 2 aromatic heterocycles. The van der Waals surface area contributed by atoms with Gasteiger partial charge in [0.15, 0.2) is 5.82 Å². The van der Waals surface area contributed by atoms with Crippen molar-refractivity contribution < 1.29 is 4.79 Å². The first-order valence-corrected chi connectivity index (χ1v) is 8.58. The summed E-state index contributed by atoms with van der Waals surface area (Å²) in [4.78, 5) is 20.8. The molecular formula is C17H25N5O. The molecule has 1 amide bonds. The minimum atomic E-state index is -0.00825. The second-order valence-corrected chi connectivity index (χ2v) is 6.60. The summed E-state index contributed by atoms with van der Waals surface area (Å²) in [6.07, 6.45) is 7.99. The number of hydrogen-bond donors (Lipinski definition) is 1. The molecule has 0 spiro atoms. The van der Waals surface area contributed by atoms with Crippen LogP contribution in [0.1, 0.15) is 55.7 Å². The summed E-state index contributed by atoms with van der Waals surface area (Å²) in [5, 5.41) is 7.37. The lowest BCUT2D eigenvalue weighted by atomic mass is 9.87. The molecule has 1 aliphatic carbocycles. The normalized spacial score (nSPS) is 15.9. The maximum absolute atomic E-state index is 12.1. The molecule has 124 valence electrons. The fraction of sp³-hybridized carbons (Fsp3) is 0.647. The average molecular weight is 315 g/mol. The molecule has 2 aromatic rings. The zero-order chi connectivity index (χ0) is 16.2. The van der Waals surface area contributed by atoms with Crippen LogP contribution in [0.3, 0.4) is 0 Å². The van der Waals surface area contributed by atoms with Crippen LogP contribution in [0, 0.1) is 19.8 Å². The van der Waals surface area contributed by atoms with Crippen LogP contribution in [-0.4, -0.2) is 32.0 Å². The highest BCUT2D eigenvalue weighted by Crippen LogP contribution is 2.25. The number of nitrogens with one attached hydrogen (secondary N) is 1. The fourth-order valence-electron chi connectivity index (χ4n) is 3.38. The van der Waals surface area contributed by atoms with Gasteiger partial charge in [-0.1, -0.05) is 32.1 Å². The van der Waals surface area contributed by atoms with E-state index in [9.17, 15) is 4.79 Å². The third kappa shape index (κ3) is 4.06. The van der Waals surface area contributed by atoms with Crippen LogP contribution in [0.5, 0.6) is 0 Å². The van der Waals surface area contributed by atoms with Crippen LogP contribution in [0.2, 0.25) is 0 Å². The summed E-state index contributed by atoms with van der Waals surface area (Å²) < 4.78 is 1.69. The van der Waals surface area contributed by atoms with Gasteiger partial charge in [-0.25, -0.2) is 9.50 Å². The zero-order valence-electron chi connectivity index (χ0n) is 14.0. The van der Waals surface area contributed by atoms with E-state index in [4.69, 9.17) is 0 Å². The van der Waals surface area contributed by atoms with Gasteiger partial charge in [0.1, 0.15) is 0 Å². The largest absolute Gasteiger partial charge is 0.356 e. The molecule has 0 radical (unpaired) electrons. The summed E-state index contributed by atoms with van der Waals surface area (Å²) in [6.45, 7) is 4.65. The van der Waals surface area contributed by atoms with Gasteiger partial charge in [0.2, 0.25) is 5.91 Å². The lowest BCUT2D eigenvalue weighted by Gasteiger charge is -2.21. The molecule has 1 saturated carbocycles. The van der Waals surface area contributed by atoms with E-state index in [1.54, 1.807) is 4.52 Å². The Kier molecular flexibility index (Phi) is 4.88. The Labute approximate surface area is 136 Å². The van der Waals surface area contributed by atoms with Gasteiger partial charge in [-0.05, 0) is 32.3 Å². The number of hydrogen-bond acceptors (Lipinski definition) is 4. The average Bonchev–Trinajstić information content (AvgIpc) is 2.91. The number of aromatic nitrogens is 4. The van der Waals surface area contributed by atoms with E-state index in [0.29, 0.717) is 11.6 Å². The topological polar surface area (TPSA) is 72.2 Å². The van der Waals surface area contributed by atoms with E-state index in [1.165, 1.54) is 32.1 Å². The summed E-state index contributed by atoms with van der Waals surface area (Å²) >= 11 is 0. The maximum atomic E-state index is 12.1. The van der Waals surface area contributed by atoms with Gasteiger partial charge in [-0.3, -0.25) is 4.79 Å². The van der Waals surface area contributed by atoms with Gasteiger partial charge in [-0.2, -0.15) is 4.98 Å². The molecule has 0 saturated heterocycles. The highest BCUT2D eigenvalue weighted by atomic mass is 16.1. The third-order valence-electron chi connectivity index (χ3n) is 4.58. The highest BCUT2D eigenvalue weighted by Gasteiger charge is 2.14. The second kappa shape index (κ2) is 7.06. The van der Waals surface area contributed by atoms with E-state index >= 15 is 0 Å². The number of amides is 1. The number of fused-ring (bicyclic) bond motifs is 1. The van der Waals surface area contributed by atoms with E-state index in [0.717, 1.165) is 30.3 Å². The Hall–Kier alpha value is -1.98. The number of nitrogens with zero attached hydrogens (tertiary/aromatic N) is 4. The number of aryl methyl sites for hydroxylation is 2. The van der Waals surface area contributed by atoms with Gasteiger partial charge in [-0.15, -0.1) is 5.10 Å². The molecule has 0 aromatic carbocycles. The van der Waals surface area contributed by atoms with Crippen molar-refractivity contribution >= 4 is 11.7 Å². The van der Waals surface area contributed by atoms with E-state index in [2.05, 4.69) is 20.4 Å². The quantitative estimate of drug-likeness (QED) is 0.919. The monoisotopic (exact) mass is 315 g/mol. The standard InChI is InChI=1S/C17H25N5O/c1-12-10-13(2)22-17(19-12)20-15(21-22)11-16(23)18-9-8-14-6-4-3-5-7-14/h10,14H,3-9,11H2,1-2H3,(H,18,23). The van der Waals surface area contributed by atoms with Crippen LogP contribution in [0.4, 0.5) is 0 Å². The lowest BCUT2D eigenvalue weighted by molar-refractivity contribution is -0.120. The predicted molar refractivity (Wildman–Crippen MR) is 88.2 cm³/mol. The Bertz CT molecular complexity index is 688. The third-order valence-corrected chi connectivity index (χ3v) is 4.58. The first-order valence-electron chi connectivity index (χ1n) is 8.58. The van der Waals surface area contributed by atoms with Gasteiger partial charge < -0.3 is 5.32 Å². The summed E-state index contributed by atoms with van der Waals surface area (Å²) in [7, 11) is 0. The van der Waals surface area contributed by atoms with Crippen molar-refractivity contribution in [1.82, 2.24) is 24.9 Å². The molecule has 23 heavy (non-hydrogen) atoms.